The predicted molar refractivity (Wildman–Crippen MR) is 77.3 cm³/mol. The first kappa shape index (κ1) is 14.4. The van der Waals surface area contributed by atoms with Crippen molar-refractivity contribution in [3.63, 3.8) is 0 Å². The van der Waals surface area contributed by atoms with Gasteiger partial charge in [0.1, 0.15) is 5.82 Å². The molecule has 3 N–H and O–H groups in total. The Labute approximate surface area is 124 Å². The van der Waals surface area contributed by atoms with Gasteiger partial charge in [-0.1, -0.05) is 23.7 Å². The largest absolute Gasteiger partial charge is 0.271 e. The molecule has 0 radical (unpaired) electrons. The van der Waals surface area contributed by atoms with Gasteiger partial charge in [-0.2, -0.15) is 0 Å². The first-order valence-corrected chi connectivity index (χ1v) is 6.74. The smallest absolute Gasteiger partial charge is 0.148 e. The maximum Gasteiger partial charge on any atom is 0.148 e. The van der Waals surface area contributed by atoms with Crippen LogP contribution >= 0.6 is 27.5 Å². The van der Waals surface area contributed by atoms with Crippen LogP contribution in [0.2, 0.25) is 5.02 Å². The van der Waals surface area contributed by atoms with Crippen molar-refractivity contribution in [2.75, 3.05) is 0 Å². The van der Waals surface area contributed by atoms with Crippen LogP contribution in [-0.4, -0.2) is 4.98 Å². The van der Waals surface area contributed by atoms with Crippen LogP contribution in [0.25, 0.3) is 0 Å². The predicted octanol–water partition coefficient (Wildman–Crippen LogP) is 3.50. The molecule has 1 unspecified atom stereocenters. The Bertz CT molecular complexity index is 606. The number of hydrogen-bond acceptors (Lipinski definition) is 3. The number of benzene rings is 1. The average Bonchev–Trinajstić information content (AvgIpc) is 2.41. The van der Waals surface area contributed by atoms with E-state index >= 15 is 0 Å². The van der Waals surface area contributed by atoms with E-state index in [2.05, 4.69) is 26.3 Å². The molecule has 0 saturated carbocycles. The van der Waals surface area contributed by atoms with Gasteiger partial charge in [-0.3, -0.25) is 10.8 Å². The zero-order valence-electron chi connectivity index (χ0n) is 10.1. The van der Waals surface area contributed by atoms with E-state index < -0.39 is 11.9 Å². The van der Waals surface area contributed by atoms with Crippen molar-refractivity contribution in [2.24, 2.45) is 5.84 Å². The number of halogens is 3. The standard InChI is InChI=1S/C13H12BrClFN3/c1-7-3-2-6-18-12(7)13(19-17)8-4-5-9(14)10(15)11(8)16/h2-6,13,19H,17H2,1H3. The first-order chi connectivity index (χ1) is 9.06. The Morgan fingerprint density at radius 3 is 2.79 bits per heavy atom. The third kappa shape index (κ3) is 2.79. The van der Waals surface area contributed by atoms with Crippen LogP contribution < -0.4 is 11.3 Å². The summed E-state index contributed by atoms with van der Waals surface area (Å²) in [6.45, 7) is 1.89. The maximum atomic E-state index is 14.2. The molecule has 100 valence electrons. The number of nitrogens with two attached hydrogens (primary N) is 1. The fourth-order valence-corrected chi connectivity index (χ4v) is 2.36. The lowest BCUT2D eigenvalue weighted by Crippen LogP contribution is -2.30. The van der Waals surface area contributed by atoms with Gasteiger partial charge < -0.3 is 0 Å². The molecule has 0 spiro atoms. The lowest BCUT2D eigenvalue weighted by atomic mass is 10.00. The van der Waals surface area contributed by atoms with Crippen molar-refractivity contribution in [3.8, 4) is 0 Å². The van der Waals surface area contributed by atoms with Gasteiger partial charge in [0.05, 0.1) is 16.8 Å². The topological polar surface area (TPSA) is 50.9 Å². The van der Waals surface area contributed by atoms with Crippen molar-refractivity contribution in [1.82, 2.24) is 10.4 Å². The van der Waals surface area contributed by atoms with Gasteiger partial charge in [0.2, 0.25) is 0 Å². The fourth-order valence-electron chi connectivity index (χ4n) is 1.88. The molecule has 1 aromatic heterocycles. The highest BCUT2D eigenvalue weighted by Gasteiger charge is 2.22. The fraction of sp³-hybridized carbons (Fsp3) is 0.154. The number of rotatable bonds is 3. The quantitative estimate of drug-likeness (QED) is 0.509. The molecule has 0 aliphatic carbocycles. The molecule has 0 amide bonds. The normalized spacial score (nSPS) is 12.5. The summed E-state index contributed by atoms with van der Waals surface area (Å²) in [4.78, 5) is 4.26. The minimum atomic E-state index is -0.549. The van der Waals surface area contributed by atoms with Gasteiger partial charge in [0.25, 0.3) is 0 Å². The molecule has 0 aliphatic heterocycles. The molecule has 1 heterocycles. The number of hydrogen-bond donors (Lipinski definition) is 2. The van der Waals surface area contributed by atoms with Crippen molar-refractivity contribution in [2.45, 2.75) is 13.0 Å². The van der Waals surface area contributed by atoms with E-state index in [1.165, 1.54) is 0 Å². The van der Waals surface area contributed by atoms with E-state index in [4.69, 9.17) is 17.4 Å². The van der Waals surface area contributed by atoms with E-state index in [1.807, 2.05) is 19.1 Å². The summed E-state index contributed by atoms with van der Waals surface area (Å²) in [5.41, 5.74) is 4.53. The van der Waals surface area contributed by atoms with Gasteiger partial charge in [0, 0.05) is 16.2 Å². The van der Waals surface area contributed by atoms with Crippen LogP contribution in [0.4, 0.5) is 4.39 Å². The van der Waals surface area contributed by atoms with Gasteiger partial charge >= 0.3 is 0 Å². The molecule has 0 fully saturated rings. The van der Waals surface area contributed by atoms with Crippen molar-refractivity contribution in [1.29, 1.82) is 0 Å². The number of aromatic nitrogens is 1. The highest BCUT2D eigenvalue weighted by atomic mass is 79.9. The van der Waals surface area contributed by atoms with Crippen LogP contribution in [0.15, 0.2) is 34.9 Å². The Kier molecular flexibility index (Phi) is 4.52. The number of hydrazine groups is 1. The zero-order chi connectivity index (χ0) is 14.0. The second-order valence-electron chi connectivity index (χ2n) is 4.07. The SMILES string of the molecule is Cc1cccnc1C(NN)c1ccc(Br)c(Cl)c1F. The van der Waals surface area contributed by atoms with E-state index in [9.17, 15) is 4.39 Å². The summed E-state index contributed by atoms with van der Waals surface area (Å²) in [5.74, 6) is 5.04. The monoisotopic (exact) mass is 343 g/mol. The molecule has 2 rings (SSSR count). The molecule has 1 aromatic carbocycles. The van der Waals surface area contributed by atoms with Crippen LogP contribution in [0, 0.1) is 12.7 Å². The number of pyridine rings is 1. The van der Waals surface area contributed by atoms with Gasteiger partial charge in [-0.25, -0.2) is 9.82 Å². The minimum Gasteiger partial charge on any atom is -0.271 e. The molecular formula is C13H12BrClFN3. The van der Waals surface area contributed by atoms with Crippen molar-refractivity contribution >= 4 is 27.5 Å². The van der Waals surface area contributed by atoms with E-state index in [0.29, 0.717) is 15.7 Å². The third-order valence-corrected chi connectivity index (χ3v) is 4.12. The molecule has 6 heteroatoms. The van der Waals surface area contributed by atoms with Gasteiger partial charge in [-0.15, -0.1) is 0 Å². The van der Waals surface area contributed by atoms with Gasteiger partial charge in [-0.05, 0) is 40.5 Å². The Morgan fingerprint density at radius 1 is 1.42 bits per heavy atom. The Hall–Kier alpha value is -1.01. The summed E-state index contributed by atoms with van der Waals surface area (Å²) in [6, 6.07) is 6.47. The number of nitrogens with zero attached hydrogens (tertiary/aromatic N) is 1. The molecule has 1 atom stereocenters. The second-order valence-corrected chi connectivity index (χ2v) is 5.30. The van der Waals surface area contributed by atoms with E-state index in [1.54, 1.807) is 18.3 Å². The van der Waals surface area contributed by atoms with Crippen LogP contribution in [0.5, 0.6) is 0 Å². The summed E-state index contributed by atoms with van der Waals surface area (Å²) < 4.78 is 14.7. The molecule has 19 heavy (non-hydrogen) atoms. The molecule has 0 saturated heterocycles. The van der Waals surface area contributed by atoms with E-state index in [0.717, 1.165) is 5.56 Å². The summed E-state index contributed by atoms with van der Waals surface area (Å²) in [5, 5.41) is 0.0336. The second kappa shape index (κ2) is 5.96. The highest BCUT2D eigenvalue weighted by Crippen LogP contribution is 2.32. The molecule has 0 bridgehead atoms. The van der Waals surface area contributed by atoms with Crippen LogP contribution in [-0.2, 0) is 0 Å². The Morgan fingerprint density at radius 2 is 2.16 bits per heavy atom. The maximum absolute atomic E-state index is 14.2. The van der Waals surface area contributed by atoms with Crippen LogP contribution in [0.3, 0.4) is 0 Å². The zero-order valence-corrected chi connectivity index (χ0v) is 12.5. The van der Waals surface area contributed by atoms with Gasteiger partial charge in [0.15, 0.2) is 0 Å². The van der Waals surface area contributed by atoms with Crippen molar-refractivity contribution in [3.05, 3.63) is 62.6 Å². The van der Waals surface area contributed by atoms with Crippen LogP contribution in [0.1, 0.15) is 22.9 Å². The van der Waals surface area contributed by atoms with Crippen molar-refractivity contribution < 1.29 is 4.39 Å². The van der Waals surface area contributed by atoms with E-state index in [-0.39, 0.29) is 5.02 Å². The molecular weight excluding hydrogens is 333 g/mol. The molecule has 2 aromatic rings. The average molecular weight is 345 g/mol. The number of aryl methyl sites for hydroxylation is 1. The lowest BCUT2D eigenvalue weighted by Gasteiger charge is -2.19. The molecule has 0 aliphatic rings. The first-order valence-electron chi connectivity index (χ1n) is 5.57. The summed E-state index contributed by atoms with van der Waals surface area (Å²) in [7, 11) is 0. The third-order valence-electron chi connectivity index (χ3n) is 2.87. The highest BCUT2D eigenvalue weighted by molar-refractivity contribution is 9.10. The summed E-state index contributed by atoms with van der Waals surface area (Å²) >= 11 is 9.08. The number of nitrogens with one attached hydrogen (secondary N) is 1. The Balaban J connectivity index is 2.55. The molecule has 3 nitrogen and oxygen atoms in total. The minimum absolute atomic E-state index is 0.0336. The summed E-state index contributed by atoms with van der Waals surface area (Å²) in [6.07, 6.45) is 1.64. The lowest BCUT2D eigenvalue weighted by molar-refractivity contribution is 0.551.